The predicted molar refractivity (Wildman–Crippen MR) is 104 cm³/mol. The molecule has 1 aliphatic rings. The Bertz CT molecular complexity index is 837. The fraction of sp³-hybridized carbons (Fsp3) is 0.174. The van der Waals surface area contributed by atoms with Gasteiger partial charge in [0.25, 0.3) is 0 Å². The van der Waals surface area contributed by atoms with Gasteiger partial charge < -0.3 is 10.2 Å². The Morgan fingerprint density at radius 2 is 1.31 bits per heavy atom. The van der Waals surface area contributed by atoms with Gasteiger partial charge in [-0.3, -0.25) is 0 Å². The van der Waals surface area contributed by atoms with Crippen molar-refractivity contribution < 1.29 is 4.79 Å². The van der Waals surface area contributed by atoms with Gasteiger partial charge >= 0.3 is 6.03 Å². The molecule has 26 heavy (non-hydrogen) atoms. The van der Waals surface area contributed by atoms with Gasteiger partial charge in [0, 0.05) is 13.1 Å². The van der Waals surface area contributed by atoms with Crippen LogP contribution in [0.1, 0.15) is 28.3 Å². The van der Waals surface area contributed by atoms with Crippen LogP contribution < -0.4 is 5.32 Å². The fourth-order valence-corrected chi connectivity index (χ4v) is 3.53. The van der Waals surface area contributed by atoms with E-state index in [9.17, 15) is 4.79 Å². The zero-order valence-corrected chi connectivity index (χ0v) is 14.6. The minimum atomic E-state index is -0.151. The lowest BCUT2D eigenvalue weighted by molar-refractivity contribution is 0.190. The van der Waals surface area contributed by atoms with Crippen LogP contribution >= 0.6 is 0 Å². The van der Waals surface area contributed by atoms with Crippen LogP contribution in [0.2, 0.25) is 0 Å². The third kappa shape index (κ3) is 3.47. The second-order valence-electron chi connectivity index (χ2n) is 6.64. The second kappa shape index (κ2) is 7.44. The summed E-state index contributed by atoms with van der Waals surface area (Å²) in [5.74, 6) is 0. The number of hydrogen-bond acceptors (Lipinski definition) is 1. The zero-order chi connectivity index (χ0) is 17.8. The Kier molecular flexibility index (Phi) is 4.69. The molecular weight excluding hydrogens is 320 g/mol. The van der Waals surface area contributed by atoms with Gasteiger partial charge in [-0.15, -0.1) is 0 Å². The second-order valence-corrected chi connectivity index (χ2v) is 6.64. The van der Waals surface area contributed by atoms with E-state index in [1.807, 2.05) is 47.4 Å². The maximum absolute atomic E-state index is 13.0. The fourth-order valence-electron chi connectivity index (χ4n) is 3.53. The summed E-state index contributed by atoms with van der Waals surface area (Å²) in [5, 5.41) is 3.24. The van der Waals surface area contributed by atoms with Gasteiger partial charge in [0.2, 0.25) is 0 Å². The van der Waals surface area contributed by atoms with E-state index in [0.29, 0.717) is 6.54 Å². The number of hydrogen-bond donors (Lipinski definition) is 1. The third-order valence-corrected chi connectivity index (χ3v) is 4.95. The number of amides is 2. The van der Waals surface area contributed by atoms with Crippen LogP contribution in [0.25, 0.3) is 0 Å². The van der Waals surface area contributed by atoms with Gasteiger partial charge in [-0.2, -0.15) is 0 Å². The molecule has 2 amide bonds. The van der Waals surface area contributed by atoms with E-state index in [2.05, 4.69) is 47.8 Å². The van der Waals surface area contributed by atoms with Crippen molar-refractivity contribution in [1.82, 2.24) is 10.2 Å². The normalized spacial score (nSPS) is 13.3. The van der Waals surface area contributed by atoms with Crippen molar-refractivity contribution in [1.29, 1.82) is 0 Å². The highest BCUT2D eigenvalue weighted by atomic mass is 16.2. The highest BCUT2D eigenvalue weighted by molar-refractivity contribution is 5.75. The molecule has 3 aromatic carbocycles. The number of nitrogens with zero attached hydrogens (tertiary/aromatic N) is 1. The topological polar surface area (TPSA) is 32.3 Å². The Morgan fingerprint density at radius 3 is 1.92 bits per heavy atom. The van der Waals surface area contributed by atoms with Gasteiger partial charge in [-0.05, 0) is 28.7 Å². The highest BCUT2D eigenvalue weighted by Gasteiger charge is 2.23. The molecule has 0 fully saturated rings. The molecule has 4 rings (SSSR count). The van der Waals surface area contributed by atoms with Crippen molar-refractivity contribution in [2.24, 2.45) is 0 Å². The van der Waals surface area contributed by atoms with Crippen LogP contribution in [0.3, 0.4) is 0 Å². The lowest BCUT2D eigenvalue weighted by Crippen LogP contribution is -2.44. The molecule has 0 unspecified atom stereocenters. The van der Waals surface area contributed by atoms with Crippen molar-refractivity contribution in [3.05, 3.63) is 107 Å². The first-order chi connectivity index (χ1) is 12.8. The molecule has 0 saturated heterocycles. The molecule has 0 aromatic heterocycles. The molecule has 0 aliphatic carbocycles. The van der Waals surface area contributed by atoms with Crippen LogP contribution in [0.4, 0.5) is 4.79 Å². The molecule has 3 heteroatoms. The highest BCUT2D eigenvalue weighted by Crippen LogP contribution is 2.23. The first-order valence-electron chi connectivity index (χ1n) is 9.03. The largest absolute Gasteiger partial charge is 0.327 e. The zero-order valence-electron chi connectivity index (χ0n) is 14.6. The standard InChI is InChI=1S/C23H22N2O/c26-23(25-16-15-18-9-7-8-14-21(18)17-25)24-22(19-10-3-1-4-11-19)20-12-5-2-6-13-20/h1-14,22H,15-17H2,(H,24,26). The molecule has 3 nitrogen and oxygen atoms in total. The van der Waals surface area contributed by atoms with E-state index in [0.717, 1.165) is 24.1 Å². The Balaban J connectivity index is 1.56. The summed E-state index contributed by atoms with van der Waals surface area (Å²) in [5.41, 5.74) is 4.76. The lowest BCUT2D eigenvalue weighted by atomic mass is 9.98. The minimum absolute atomic E-state index is 0.0165. The molecular formula is C23H22N2O. The number of carbonyl (C=O) groups excluding carboxylic acids is 1. The molecule has 1 aliphatic heterocycles. The number of benzene rings is 3. The van der Waals surface area contributed by atoms with Crippen molar-refractivity contribution in [2.75, 3.05) is 6.54 Å². The van der Waals surface area contributed by atoms with E-state index in [-0.39, 0.29) is 12.1 Å². The summed E-state index contributed by atoms with van der Waals surface area (Å²) in [6, 6.07) is 28.5. The SMILES string of the molecule is O=C(NC(c1ccccc1)c1ccccc1)N1CCc2ccccc2C1. The van der Waals surface area contributed by atoms with E-state index >= 15 is 0 Å². The number of rotatable bonds is 3. The predicted octanol–water partition coefficient (Wildman–Crippen LogP) is 4.54. The van der Waals surface area contributed by atoms with E-state index in [1.54, 1.807) is 0 Å². The molecule has 1 N–H and O–H groups in total. The summed E-state index contributed by atoms with van der Waals surface area (Å²) in [4.78, 5) is 14.9. The maximum Gasteiger partial charge on any atom is 0.318 e. The van der Waals surface area contributed by atoms with Gasteiger partial charge in [0.15, 0.2) is 0 Å². The Labute approximate surface area is 154 Å². The molecule has 0 saturated carbocycles. The smallest absolute Gasteiger partial charge is 0.318 e. The molecule has 0 radical (unpaired) electrons. The average Bonchev–Trinajstić information content (AvgIpc) is 2.72. The van der Waals surface area contributed by atoms with Gasteiger partial charge in [0.05, 0.1) is 6.04 Å². The molecule has 0 atom stereocenters. The number of urea groups is 1. The molecule has 3 aromatic rings. The quantitative estimate of drug-likeness (QED) is 0.744. The van der Waals surface area contributed by atoms with Crippen molar-refractivity contribution >= 4 is 6.03 Å². The van der Waals surface area contributed by atoms with Gasteiger partial charge in [-0.1, -0.05) is 84.9 Å². The number of fused-ring (bicyclic) bond motifs is 1. The monoisotopic (exact) mass is 342 g/mol. The maximum atomic E-state index is 13.0. The number of nitrogens with one attached hydrogen (secondary N) is 1. The first kappa shape index (κ1) is 16.4. The summed E-state index contributed by atoms with van der Waals surface area (Å²) in [6.07, 6.45) is 0.908. The molecule has 1 heterocycles. The van der Waals surface area contributed by atoms with E-state index in [1.165, 1.54) is 11.1 Å². The van der Waals surface area contributed by atoms with Crippen molar-refractivity contribution in [3.63, 3.8) is 0 Å². The first-order valence-corrected chi connectivity index (χ1v) is 9.03. The molecule has 0 spiro atoms. The Morgan fingerprint density at radius 1 is 0.769 bits per heavy atom. The van der Waals surface area contributed by atoms with Crippen molar-refractivity contribution in [3.8, 4) is 0 Å². The summed E-state index contributed by atoms with van der Waals surface area (Å²) < 4.78 is 0. The number of carbonyl (C=O) groups is 1. The van der Waals surface area contributed by atoms with Crippen LogP contribution in [-0.2, 0) is 13.0 Å². The summed E-state index contributed by atoms with van der Waals surface area (Å²) >= 11 is 0. The van der Waals surface area contributed by atoms with Crippen LogP contribution in [-0.4, -0.2) is 17.5 Å². The molecule has 0 bridgehead atoms. The summed E-state index contributed by atoms with van der Waals surface area (Å²) in [7, 11) is 0. The molecule has 130 valence electrons. The third-order valence-electron chi connectivity index (χ3n) is 4.95. The van der Waals surface area contributed by atoms with E-state index in [4.69, 9.17) is 0 Å². The Hall–Kier alpha value is -3.07. The minimum Gasteiger partial charge on any atom is -0.327 e. The van der Waals surface area contributed by atoms with Crippen molar-refractivity contribution in [2.45, 2.75) is 19.0 Å². The van der Waals surface area contributed by atoms with Crippen LogP contribution in [0.5, 0.6) is 0 Å². The van der Waals surface area contributed by atoms with Crippen LogP contribution in [0.15, 0.2) is 84.9 Å². The van der Waals surface area contributed by atoms with E-state index < -0.39 is 0 Å². The van der Waals surface area contributed by atoms with Gasteiger partial charge in [-0.25, -0.2) is 4.79 Å². The van der Waals surface area contributed by atoms with Gasteiger partial charge in [0.1, 0.15) is 0 Å². The summed E-state index contributed by atoms with van der Waals surface area (Å²) in [6.45, 7) is 1.41. The lowest BCUT2D eigenvalue weighted by Gasteiger charge is -2.31. The average molecular weight is 342 g/mol. The van der Waals surface area contributed by atoms with Crippen LogP contribution in [0, 0.1) is 0 Å².